The van der Waals surface area contributed by atoms with Crippen LogP contribution < -0.4 is 10.2 Å². The molecule has 0 saturated heterocycles. The van der Waals surface area contributed by atoms with Gasteiger partial charge in [0.2, 0.25) is 0 Å². The summed E-state index contributed by atoms with van der Waals surface area (Å²) in [6, 6.07) is 4.86. The molecule has 0 unspecified atom stereocenters. The SMILES string of the molecule is Cc1onc(-c2c(Cl)cccc2Cl)c1NC(=O)N(C)c1c2c(nn1C)CCCC2. The van der Waals surface area contributed by atoms with Gasteiger partial charge in [-0.1, -0.05) is 34.4 Å². The lowest BCUT2D eigenvalue weighted by molar-refractivity contribution is 0.257. The monoisotopic (exact) mass is 433 g/mol. The molecule has 0 atom stereocenters. The molecule has 4 rings (SSSR count). The fourth-order valence-electron chi connectivity index (χ4n) is 3.78. The minimum Gasteiger partial charge on any atom is -0.359 e. The topological polar surface area (TPSA) is 76.2 Å². The molecule has 0 bridgehead atoms. The summed E-state index contributed by atoms with van der Waals surface area (Å²) in [5.41, 5.74) is 3.55. The number of rotatable bonds is 3. The van der Waals surface area contributed by atoms with E-state index >= 15 is 0 Å². The Labute approximate surface area is 178 Å². The van der Waals surface area contributed by atoms with Crippen LogP contribution in [0.25, 0.3) is 11.3 Å². The summed E-state index contributed by atoms with van der Waals surface area (Å²) in [7, 11) is 3.59. The number of fused-ring (bicyclic) bond motifs is 1. The summed E-state index contributed by atoms with van der Waals surface area (Å²) in [5, 5.41) is 12.4. The van der Waals surface area contributed by atoms with Gasteiger partial charge >= 0.3 is 6.03 Å². The zero-order valence-electron chi connectivity index (χ0n) is 16.4. The molecule has 2 aromatic heterocycles. The first-order chi connectivity index (χ1) is 13.9. The lowest BCUT2D eigenvalue weighted by Gasteiger charge is -2.21. The minimum atomic E-state index is -0.322. The average molecular weight is 434 g/mol. The molecule has 0 saturated carbocycles. The average Bonchev–Trinajstić information content (AvgIpc) is 3.21. The van der Waals surface area contributed by atoms with Crippen LogP contribution in [0.5, 0.6) is 0 Å². The van der Waals surface area contributed by atoms with Crippen LogP contribution in [-0.2, 0) is 19.9 Å². The summed E-state index contributed by atoms with van der Waals surface area (Å²) < 4.78 is 7.09. The number of aromatic nitrogens is 3. The maximum absolute atomic E-state index is 13.1. The van der Waals surface area contributed by atoms with E-state index in [0.717, 1.165) is 42.8 Å². The highest BCUT2D eigenvalue weighted by Crippen LogP contribution is 2.39. The van der Waals surface area contributed by atoms with Crippen molar-refractivity contribution in [2.24, 2.45) is 7.05 Å². The number of amides is 2. The number of aryl methyl sites for hydroxylation is 3. The van der Waals surface area contributed by atoms with Gasteiger partial charge in [0.15, 0.2) is 5.76 Å². The van der Waals surface area contributed by atoms with Crippen molar-refractivity contribution < 1.29 is 9.32 Å². The zero-order valence-corrected chi connectivity index (χ0v) is 17.9. The molecule has 2 heterocycles. The molecule has 1 aliphatic carbocycles. The van der Waals surface area contributed by atoms with E-state index in [2.05, 4.69) is 15.6 Å². The smallest absolute Gasteiger partial charge is 0.327 e. The van der Waals surface area contributed by atoms with Crippen molar-refractivity contribution in [2.75, 3.05) is 17.3 Å². The third kappa shape index (κ3) is 3.49. The number of hydrogen-bond donors (Lipinski definition) is 1. The third-order valence-electron chi connectivity index (χ3n) is 5.20. The number of carbonyl (C=O) groups excluding carboxylic acids is 1. The van der Waals surface area contributed by atoms with Gasteiger partial charge in [-0.05, 0) is 44.7 Å². The van der Waals surface area contributed by atoms with Crippen LogP contribution in [0.1, 0.15) is 29.9 Å². The maximum Gasteiger partial charge on any atom is 0.327 e. The van der Waals surface area contributed by atoms with E-state index in [1.807, 2.05) is 7.05 Å². The first-order valence-electron chi connectivity index (χ1n) is 9.38. The lowest BCUT2D eigenvalue weighted by Crippen LogP contribution is -2.33. The second kappa shape index (κ2) is 7.72. The van der Waals surface area contributed by atoms with E-state index in [0.29, 0.717) is 32.8 Å². The fourth-order valence-corrected chi connectivity index (χ4v) is 4.36. The lowest BCUT2D eigenvalue weighted by atomic mass is 9.97. The Morgan fingerprint density at radius 1 is 1.24 bits per heavy atom. The molecule has 3 aromatic rings. The van der Waals surface area contributed by atoms with Crippen molar-refractivity contribution in [1.29, 1.82) is 0 Å². The van der Waals surface area contributed by atoms with Crippen molar-refractivity contribution >= 4 is 40.7 Å². The Bertz CT molecular complexity index is 1070. The van der Waals surface area contributed by atoms with Gasteiger partial charge in [0.1, 0.15) is 17.2 Å². The molecule has 29 heavy (non-hydrogen) atoms. The van der Waals surface area contributed by atoms with E-state index in [9.17, 15) is 4.79 Å². The van der Waals surface area contributed by atoms with Gasteiger partial charge in [0, 0.05) is 25.2 Å². The van der Waals surface area contributed by atoms with E-state index < -0.39 is 0 Å². The van der Waals surface area contributed by atoms with Crippen molar-refractivity contribution in [3.63, 3.8) is 0 Å². The molecular weight excluding hydrogens is 413 g/mol. The fraction of sp³-hybridized carbons (Fsp3) is 0.350. The predicted octanol–water partition coefficient (Wildman–Crippen LogP) is 5.24. The minimum absolute atomic E-state index is 0.322. The Morgan fingerprint density at radius 3 is 2.66 bits per heavy atom. The molecule has 2 amide bonds. The zero-order chi connectivity index (χ0) is 20.7. The van der Waals surface area contributed by atoms with Crippen molar-refractivity contribution in [2.45, 2.75) is 32.6 Å². The number of benzene rings is 1. The molecule has 1 aromatic carbocycles. The molecule has 0 radical (unpaired) electrons. The van der Waals surface area contributed by atoms with E-state index in [-0.39, 0.29) is 6.03 Å². The Balaban J connectivity index is 1.67. The summed E-state index contributed by atoms with van der Waals surface area (Å²) in [6.45, 7) is 1.73. The molecule has 9 heteroatoms. The standard InChI is InChI=1S/C20H21Cl2N5O2/c1-11-17(18(25-29-11)16-13(21)8-6-9-14(16)22)23-20(28)26(2)19-12-7-4-5-10-15(12)24-27(19)3/h6,8-9H,4-5,7,10H2,1-3H3,(H,23,28). The second-order valence-electron chi connectivity index (χ2n) is 7.13. The van der Waals surface area contributed by atoms with Gasteiger partial charge in [-0.25, -0.2) is 4.79 Å². The molecule has 152 valence electrons. The molecule has 1 N–H and O–H groups in total. The van der Waals surface area contributed by atoms with Gasteiger partial charge in [-0.15, -0.1) is 0 Å². The predicted molar refractivity (Wildman–Crippen MR) is 114 cm³/mol. The first kappa shape index (κ1) is 19.8. The summed E-state index contributed by atoms with van der Waals surface area (Å²) in [4.78, 5) is 14.7. The Hall–Kier alpha value is -2.51. The highest BCUT2D eigenvalue weighted by atomic mass is 35.5. The van der Waals surface area contributed by atoms with E-state index in [1.54, 1.807) is 41.8 Å². The number of nitrogens with one attached hydrogen (secondary N) is 1. The molecule has 0 spiro atoms. The number of urea groups is 1. The molecule has 0 fully saturated rings. The van der Waals surface area contributed by atoms with Crippen LogP contribution in [0.15, 0.2) is 22.7 Å². The quantitative estimate of drug-likeness (QED) is 0.612. The van der Waals surface area contributed by atoms with Crippen LogP contribution in [0.3, 0.4) is 0 Å². The highest BCUT2D eigenvalue weighted by Gasteiger charge is 2.27. The van der Waals surface area contributed by atoms with Crippen LogP contribution in [0.4, 0.5) is 16.3 Å². The third-order valence-corrected chi connectivity index (χ3v) is 5.83. The number of carbonyl (C=O) groups is 1. The number of hydrogen-bond acceptors (Lipinski definition) is 4. The first-order valence-corrected chi connectivity index (χ1v) is 10.1. The van der Waals surface area contributed by atoms with Crippen LogP contribution in [0, 0.1) is 6.92 Å². The van der Waals surface area contributed by atoms with Crippen LogP contribution in [-0.4, -0.2) is 28.0 Å². The largest absolute Gasteiger partial charge is 0.359 e. The second-order valence-corrected chi connectivity index (χ2v) is 7.94. The van der Waals surface area contributed by atoms with Gasteiger partial charge in [-0.3, -0.25) is 9.58 Å². The van der Waals surface area contributed by atoms with Gasteiger partial charge in [0.05, 0.1) is 15.7 Å². The van der Waals surface area contributed by atoms with Crippen molar-refractivity contribution in [3.05, 3.63) is 45.3 Å². The summed E-state index contributed by atoms with van der Waals surface area (Å²) in [6.07, 6.45) is 4.09. The van der Waals surface area contributed by atoms with E-state index in [4.69, 9.17) is 27.7 Å². The Kier molecular flexibility index (Phi) is 5.27. The highest BCUT2D eigenvalue weighted by molar-refractivity contribution is 6.39. The number of anilines is 2. The van der Waals surface area contributed by atoms with Gasteiger partial charge < -0.3 is 9.84 Å². The van der Waals surface area contributed by atoms with Crippen molar-refractivity contribution in [3.8, 4) is 11.3 Å². The summed E-state index contributed by atoms with van der Waals surface area (Å²) in [5.74, 6) is 1.26. The van der Waals surface area contributed by atoms with Gasteiger partial charge in [0.25, 0.3) is 0 Å². The Morgan fingerprint density at radius 2 is 1.93 bits per heavy atom. The molecular formula is C20H21Cl2N5O2. The molecule has 0 aliphatic heterocycles. The summed E-state index contributed by atoms with van der Waals surface area (Å²) >= 11 is 12.6. The molecule has 7 nitrogen and oxygen atoms in total. The van der Waals surface area contributed by atoms with Crippen LogP contribution >= 0.6 is 23.2 Å². The maximum atomic E-state index is 13.1. The van der Waals surface area contributed by atoms with Crippen molar-refractivity contribution in [1.82, 2.24) is 14.9 Å². The van der Waals surface area contributed by atoms with E-state index in [1.165, 1.54) is 0 Å². The normalized spacial score (nSPS) is 13.3. The van der Waals surface area contributed by atoms with Crippen LogP contribution in [0.2, 0.25) is 10.0 Å². The molecule has 1 aliphatic rings. The number of nitrogens with zero attached hydrogens (tertiary/aromatic N) is 4. The number of halogens is 2. The van der Waals surface area contributed by atoms with Gasteiger partial charge in [-0.2, -0.15) is 5.10 Å².